The van der Waals surface area contributed by atoms with Crippen molar-refractivity contribution in [2.45, 2.75) is 25.2 Å². The molecule has 0 saturated carbocycles. The van der Waals surface area contributed by atoms with Crippen LogP contribution in [0.2, 0.25) is 10.0 Å². The molecule has 2 fully saturated rings. The summed E-state index contributed by atoms with van der Waals surface area (Å²) < 4.78 is 20.5. The molecule has 4 heterocycles. The van der Waals surface area contributed by atoms with Gasteiger partial charge < -0.3 is 29.0 Å². The molecular weight excluding hydrogens is 629 g/mol. The molecule has 2 saturated heterocycles. The Hall–Kier alpha value is -4.29. The van der Waals surface area contributed by atoms with Gasteiger partial charge in [0.1, 0.15) is 30.1 Å². The first-order chi connectivity index (χ1) is 22.4. The fourth-order valence-electron chi connectivity index (χ4n) is 6.05. The Labute approximate surface area is 275 Å². The Kier molecular flexibility index (Phi) is 8.48. The summed E-state index contributed by atoms with van der Waals surface area (Å²) in [5, 5.41) is 7.48. The molecular formula is C33H33Cl2N7O4. The van der Waals surface area contributed by atoms with Crippen LogP contribution >= 0.6 is 23.2 Å². The van der Waals surface area contributed by atoms with Gasteiger partial charge in [0.05, 0.1) is 23.7 Å². The maximum absolute atomic E-state index is 12.1. The number of nitrogens with one attached hydrogen (secondary N) is 2. The molecule has 0 aliphatic carbocycles. The van der Waals surface area contributed by atoms with E-state index in [-0.39, 0.29) is 11.8 Å². The van der Waals surface area contributed by atoms with Crippen molar-refractivity contribution in [2.24, 2.45) is 0 Å². The number of benzene rings is 3. The van der Waals surface area contributed by atoms with E-state index in [0.717, 1.165) is 54.8 Å². The summed E-state index contributed by atoms with van der Waals surface area (Å²) in [7, 11) is 0. The van der Waals surface area contributed by atoms with Crippen molar-refractivity contribution in [2.75, 3.05) is 49.2 Å². The lowest BCUT2D eigenvalue weighted by Crippen LogP contribution is -2.46. The van der Waals surface area contributed by atoms with Crippen LogP contribution in [0.3, 0.4) is 0 Å². The quantitative estimate of drug-likeness (QED) is 0.224. The van der Waals surface area contributed by atoms with Gasteiger partial charge in [0.15, 0.2) is 0 Å². The number of imidazole rings is 1. The fourth-order valence-corrected chi connectivity index (χ4v) is 6.60. The average molecular weight is 663 g/mol. The Morgan fingerprint density at radius 3 is 2.24 bits per heavy atom. The molecule has 11 nitrogen and oxygen atoms in total. The van der Waals surface area contributed by atoms with Gasteiger partial charge >= 0.3 is 5.69 Å². The van der Waals surface area contributed by atoms with Crippen LogP contribution in [0.4, 0.5) is 11.4 Å². The van der Waals surface area contributed by atoms with Crippen molar-refractivity contribution in [1.29, 1.82) is 0 Å². The fraction of sp³-hybridized carbons (Fsp3) is 0.303. The van der Waals surface area contributed by atoms with E-state index in [0.29, 0.717) is 41.1 Å². The Morgan fingerprint density at radius 1 is 0.957 bits per heavy atom. The van der Waals surface area contributed by atoms with Crippen molar-refractivity contribution in [3.8, 4) is 11.4 Å². The van der Waals surface area contributed by atoms with Crippen LogP contribution in [-0.4, -0.2) is 70.2 Å². The minimum absolute atomic E-state index is 0.237. The van der Waals surface area contributed by atoms with E-state index in [1.54, 1.807) is 36.0 Å². The number of piperazine rings is 1. The zero-order valence-electron chi connectivity index (χ0n) is 25.2. The molecule has 2 N–H and O–H groups in total. The second kappa shape index (κ2) is 12.8. The Morgan fingerprint density at radius 2 is 1.63 bits per heavy atom. The number of aryl methyl sites for hydroxylation is 1. The molecule has 238 valence electrons. The lowest BCUT2D eigenvalue weighted by Gasteiger charge is -2.37. The monoisotopic (exact) mass is 661 g/mol. The summed E-state index contributed by atoms with van der Waals surface area (Å²) in [6.07, 6.45) is 3.50. The summed E-state index contributed by atoms with van der Waals surface area (Å²) in [6.45, 7) is 6.01. The van der Waals surface area contributed by atoms with Crippen LogP contribution in [0, 0.1) is 6.92 Å². The van der Waals surface area contributed by atoms with E-state index in [4.69, 9.17) is 37.4 Å². The highest BCUT2D eigenvalue weighted by Crippen LogP contribution is 2.41. The van der Waals surface area contributed by atoms with E-state index in [1.807, 2.05) is 30.3 Å². The second-order valence-corrected chi connectivity index (χ2v) is 12.2. The highest BCUT2D eigenvalue weighted by atomic mass is 35.5. The number of hydrogen-bond acceptors (Lipinski definition) is 8. The van der Waals surface area contributed by atoms with Crippen molar-refractivity contribution < 1.29 is 14.2 Å². The number of aromatic amines is 2. The summed E-state index contributed by atoms with van der Waals surface area (Å²) in [6, 6.07) is 21.5. The number of rotatable bonds is 9. The summed E-state index contributed by atoms with van der Waals surface area (Å²) in [5.41, 5.74) is 3.53. The average Bonchev–Trinajstić information content (AvgIpc) is 3.82. The summed E-state index contributed by atoms with van der Waals surface area (Å²) in [4.78, 5) is 24.3. The zero-order valence-corrected chi connectivity index (χ0v) is 26.7. The van der Waals surface area contributed by atoms with Gasteiger partial charge in [-0.15, -0.1) is 0 Å². The van der Waals surface area contributed by atoms with Gasteiger partial charge in [0.2, 0.25) is 5.79 Å². The van der Waals surface area contributed by atoms with Crippen LogP contribution in [-0.2, 0) is 21.7 Å². The molecule has 7 rings (SSSR count). The predicted molar refractivity (Wildman–Crippen MR) is 177 cm³/mol. The van der Waals surface area contributed by atoms with Gasteiger partial charge in [-0.2, -0.15) is 5.10 Å². The zero-order chi connectivity index (χ0) is 31.7. The number of anilines is 2. The molecule has 0 amide bonds. The summed E-state index contributed by atoms with van der Waals surface area (Å²) >= 11 is 12.7. The van der Waals surface area contributed by atoms with Crippen molar-refractivity contribution in [1.82, 2.24) is 24.7 Å². The first-order valence-corrected chi connectivity index (χ1v) is 15.9. The minimum Gasteiger partial charge on any atom is -0.491 e. The standard InChI is InChI=1S/C33H33Cl2N7O4/c1-22-38-39-32(43)42(22)26-5-3-24(4-6-26)40-14-16-41(17-15-40)25-7-9-27(10-8-25)44-20-28-21-45-33(46-28,19-31-36-12-13-37-31)29-11-2-23(34)18-30(29)35/h2-13,18,28H,14-17,19-21H2,1H3,(H,36,37)(H,39,43). The summed E-state index contributed by atoms with van der Waals surface area (Å²) in [5.74, 6) is 0.998. The first kappa shape index (κ1) is 30.4. The molecule has 3 aromatic carbocycles. The van der Waals surface area contributed by atoms with Gasteiger partial charge in [-0.25, -0.2) is 19.4 Å². The molecule has 0 spiro atoms. The molecule has 2 unspecified atom stereocenters. The third-order valence-electron chi connectivity index (χ3n) is 8.39. The first-order valence-electron chi connectivity index (χ1n) is 15.1. The van der Waals surface area contributed by atoms with Crippen LogP contribution < -0.4 is 20.2 Å². The van der Waals surface area contributed by atoms with E-state index in [9.17, 15) is 4.79 Å². The molecule has 13 heteroatoms. The smallest absolute Gasteiger partial charge is 0.347 e. The van der Waals surface area contributed by atoms with Gasteiger partial charge in [0, 0.05) is 60.5 Å². The van der Waals surface area contributed by atoms with E-state index >= 15 is 0 Å². The van der Waals surface area contributed by atoms with E-state index in [2.05, 4.69) is 54.2 Å². The molecule has 0 bridgehead atoms. The van der Waals surface area contributed by atoms with Gasteiger partial charge in [-0.05, 0) is 67.6 Å². The topological polar surface area (TPSA) is 114 Å². The molecule has 2 aromatic heterocycles. The number of aromatic nitrogens is 5. The van der Waals surface area contributed by atoms with Crippen LogP contribution in [0.25, 0.3) is 5.69 Å². The molecule has 0 radical (unpaired) electrons. The largest absolute Gasteiger partial charge is 0.491 e. The predicted octanol–water partition coefficient (Wildman–Crippen LogP) is 5.12. The maximum Gasteiger partial charge on any atom is 0.347 e. The van der Waals surface area contributed by atoms with Crippen molar-refractivity contribution in [3.63, 3.8) is 0 Å². The Bertz CT molecular complexity index is 1840. The van der Waals surface area contributed by atoms with Crippen LogP contribution in [0.1, 0.15) is 17.2 Å². The second-order valence-electron chi connectivity index (χ2n) is 11.3. The molecule has 5 aromatic rings. The number of H-pyrrole nitrogens is 2. The van der Waals surface area contributed by atoms with Crippen molar-refractivity contribution in [3.05, 3.63) is 117 Å². The molecule has 2 aliphatic rings. The number of ether oxygens (including phenoxy) is 3. The van der Waals surface area contributed by atoms with Gasteiger partial charge in [-0.3, -0.25) is 0 Å². The third-order valence-corrected chi connectivity index (χ3v) is 8.93. The number of hydrogen-bond donors (Lipinski definition) is 2. The highest BCUT2D eigenvalue weighted by molar-refractivity contribution is 6.35. The third kappa shape index (κ3) is 6.23. The lowest BCUT2D eigenvalue weighted by atomic mass is 10.0. The van der Waals surface area contributed by atoms with E-state index < -0.39 is 5.79 Å². The highest BCUT2D eigenvalue weighted by Gasteiger charge is 2.45. The molecule has 46 heavy (non-hydrogen) atoms. The van der Waals surface area contributed by atoms with Crippen LogP contribution in [0.15, 0.2) is 83.9 Å². The van der Waals surface area contributed by atoms with Gasteiger partial charge in [0.25, 0.3) is 0 Å². The molecule has 2 aliphatic heterocycles. The SMILES string of the molecule is Cc1n[nH]c(=O)n1-c1ccc(N2CCN(c3ccc(OCC4COC(Cc5ncc[nH]5)(c5ccc(Cl)cc5Cl)O4)cc3)CC2)cc1. The molecule has 2 atom stereocenters. The minimum atomic E-state index is -1.11. The number of nitrogens with zero attached hydrogens (tertiary/aromatic N) is 5. The van der Waals surface area contributed by atoms with Crippen LogP contribution in [0.5, 0.6) is 5.75 Å². The normalized spacial score (nSPS) is 19.9. The van der Waals surface area contributed by atoms with Gasteiger partial charge in [-0.1, -0.05) is 29.3 Å². The van der Waals surface area contributed by atoms with E-state index in [1.165, 1.54) is 0 Å². The van der Waals surface area contributed by atoms with Crippen molar-refractivity contribution >= 4 is 34.6 Å². The maximum atomic E-state index is 12.1. The number of halogens is 2. The Balaban J connectivity index is 0.937. The lowest BCUT2D eigenvalue weighted by molar-refractivity contribution is -0.179.